The zero-order valence-corrected chi connectivity index (χ0v) is 22.5. The van der Waals surface area contributed by atoms with Gasteiger partial charge in [0.25, 0.3) is 0 Å². The molecule has 3 aromatic carbocycles. The molecule has 0 atom stereocenters. The largest absolute Gasteiger partial charge is 0.495 e. The lowest BCUT2D eigenvalue weighted by atomic mass is 10.1. The number of pyridine rings is 1. The Bertz CT molecular complexity index is 1830. The summed E-state index contributed by atoms with van der Waals surface area (Å²) < 4.78 is 13.6. The summed E-state index contributed by atoms with van der Waals surface area (Å²) in [7, 11) is 1.58. The summed E-state index contributed by atoms with van der Waals surface area (Å²) in [5.74, 6) is 1.14. The second-order valence-electron chi connectivity index (χ2n) is 9.16. The second kappa shape index (κ2) is 10.3. The molecule has 0 bridgehead atoms. The lowest BCUT2D eigenvalue weighted by molar-refractivity contribution is -0.113. The molecule has 0 radical (unpaired) electrons. The summed E-state index contributed by atoms with van der Waals surface area (Å²) in [5.41, 5.74) is 6.03. The zero-order valence-electron chi connectivity index (χ0n) is 21.6. The van der Waals surface area contributed by atoms with Crippen molar-refractivity contribution in [3.8, 4) is 22.8 Å². The van der Waals surface area contributed by atoms with Gasteiger partial charge in [0.2, 0.25) is 5.91 Å². The predicted molar refractivity (Wildman–Crippen MR) is 154 cm³/mol. The topological polar surface area (TPSA) is 95.1 Å². The van der Waals surface area contributed by atoms with Crippen LogP contribution >= 0.6 is 11.8 Å². The molecular weight excluding hydrogens is 510 g/mol. The summed E-state index contributed by atoms with van der Waals surface area (Å²) in [6.45, 7) is 4.11. The maximum absolute atomic E-state index is 13.1. The first-order valence-electron chi connectivity index (χ1n) is 12.4. The summed E-state index contributed by atoms with van der Waals surface area (Å²) in [5, 5.41) is 14.4. The van der Waals surface area contributed by atoms with Crippen molar-refractivity contribution in [1.82, 2.24) is 19.7 Å². The van der Waals surface area contributed by atoms with Crippen LogP contribution in [0.15, 0.2) is 88.7 Å². The van der Waals surface area contributed by atoms with Gasteiger partial charge >= 0.3 is 0 Å². The fourth-order valence-electron chi connectivity index (χ4n) is 4.65. The van der Waals surface area contributed by atoms with Crippen molar-refractivity contribution in [1.29, 1.82) is 0 Å². The van der Waals surface area contributed by atoms with Crippen molar-refractivity contribution in [2.75, 3.05) is 18.2 Å². The number of ether oxygens (including phenoxy) is 1. The fourth-order valence-corrected chi connectivity index (χ4v) is 5.40. The molecule has 0 saturated heterocycles. The minimum Gasteiger partial charge on any atom is -0.495 e. The minimum atomic E-state index is -0.202. The zero-order chi connectivity index (χ0) is 26.9. The van der Waals surface area contributed by atoms with Crippen LogP contribution in [0.2, 0.25) is 0 Å². The minimum absolute atomic E-state index is 0.122. The number of anilines is 1. The first-order chi connectivity index (χ1) is 19.0. The average molecular weight is 536 g/mol. The highest BCUT2D eigenvalue weighted by Crippen LogP contribution is 2.36. The molecule has 1 N–H and O–H groups in total. The number of hydrogen-bond acceptors (Lipinski definition) is 7. The van der Waals surface area contributed by atoms with Crippen LogP contribution in [0.3, 0.4) is 0 Å². The second-order valence-corrected chi connectivity index (χ2v) is 10.1. The highest BCUT2D eigenvalue weighted by atomic mass is 32.2. The molecule has 0 fully saturated rings. The number of fused-ring (bicyclic) bond motifs is 3. The number of nitrogens with zero attached hydrogens (tertiary/aromatic N) is 4. The number of methoxy groups -OCH3 is 1. The average Bonchev–Trinajstić information content (AvgIpc) is 3.53. The number of aryl methyl sites for hydroxylation is 2. The van der Waals surface area contributed by atoms with Gasteiger partial charge in [-0.3, -0.25) is 14.3 Å². The third kappa shape index (κ3) is 4.72. The van der Waals surface area contributed by atoms with E-state index in [1.165, 1.54) is 11.8 Å². The number of para-hydroxylation sites is 1. The van der Waals surface area contributed by atoms with Gasteiger partial charge in [-0.05, 0) is 49.7 Å². The maximum atomic E-state index is 13.1. The molecular formula is C30H25N5O3S. The van der Waals surface area contributed by atoms with Gasteiger partial charge < -0.3 is 14.5 Å². The summed E-state index contributed by atoms with van der Waals surface area (Å²) >= 11 is 1.31. The van der Waals surface area contributed by atoms with Gasteiger partial charge in [0.1, 0.15) is 16.9 Å². The molecule has 0 saturated carbocycles. The van der Waals surface area contributed by atoms with E-state index >= 15 is 0 Å². The Balaban J connectivity index is 1.28. The van der Waals surface area contributed by atoms with E-state index in [-0.39, 0.29) is 11.7 Å². The Morgan fingerprint density at radius 3 is 2.67 bits per heavy atom. The molecule has 3 aromatic heterocycles. The number of thioether (sulfide) groups is 1. The van der Waals surface area contributed by atoms with Crippen molar-refractivity contribution in [3.63, 3.8) is 0 Å². The molecule has 194 valence electrons. The molecule has 39 heavy (non-hydrogen) atoms. The molecule has 0 aliphatic rings. The van der Waals surface area contributed by atoms with Crippen molar-refractivity contribution in [2.24, 2.45) is 0 Å². The maximum Gasteiger partial charge on any atom is 0.234 e. The number of aromatic nitrogens is 4. The lowest BCUT2D eigenvalue weighted by Crippen LogP contribution is -2.15. The van der Waals surface area contributed by atoms with Crippen molar-refractivity contribution < 1.29 is 13.9 Å². The standard InChI is InChI=1S/C30H25N5O3S/c1-18-10-11-24(19(2)13-18)35-29(20-7-6-12-31-16-20)33-34-30(35)39-17-28(36)32-23-15-26-22(14-27(23)37-3)21-8-4-5-9-25(21)38-26/h4-16H,17H2,1-3H3,(H,32,36). The summed E-state index contributed by atoms with van der Waals surface area (Å²) in [6, 6.07) is 21.5. The first kappa shape index (κ1) is 24.7. The van der Waals surface area contributed by atoms with E-state index in [1.54, 1.807) is 25.6 Å². The Morgan fingerprint density at radius 1 is 1.00 bits per heavy atom. The van der Waals surface area contributed by atoms with Gasteiger partial charge in [0, 0.05) is 34.8 Å². The van der Waals surface area contributed by atoms with Crippen LogP contribution in [0.1, 0.15) is 11.1 Å². The molecule has 6 rings (SSSR count). The van der Waals surface area contributed by atoms with Crippen LogP contribution in [0, 0.1) is 13.8 Å². The van der Waals surface area contributed by atoms with E-state index in [4.69, 9.17) is 9.15 Å². The van der Waals surface area contributed by atoms with Crippen molar-refractivity contribution in [3.05, 3.63) is 90.3 Å². The normalized spacial score (nSPS) is 11.3. The number of furan rings is 1. The number of rotatable bonds is 7. The molecule has 8 nitrogen and oxygen atoms in total. The van der Waals surface area contributed by atoms with Crippen LogP contribution in [0.5, 0.6) is 5.75 Å². The Morgan fingerprint density at radius 2 is 1.87 bits per heavy atom. The van der Waals surface area contributed by atoms with Crippen LogP contribution < -0.4 is 10.1 Å². The molecule has 0 unspecified atom stereocenters. The van der Waals surface area contributed by atoms with Crippen molar-refractivity contribution >= 4 is 45.3 Å². The van der Waals surface area contributed by atoms with Gasteiger partial charge in [0.15, 0.2) is 11.0 Å². The molecule has 9 heteroatoms. The SMILES string of the molecule is COc1cc2c(cc1NC(=O)CSc1nnc(-c3cccnc3)n1-c1ccc(C)cc1C)oc1ccccc12. The van der Waals surface area contributed by atoms with Gasteiger partial charge in [-0.1, -0.05) is 47.7 Å². The highest BCUT2D eigenvalue weighted by molar-refractivity contribution is 7.99. The third-order valence-electron chi connectivity index (χ3n) is 6.45. The van der Waals surface area contributed by atoms with Gasteiger partial charge in [0.05, 0.1) is 24.2 Å². The van der Waals surface area contributed by atoms with Crippen LogP contribution in [0.25, 0.3) is 39.0 Å². The van der Waals surface area contributed by atoms with E-state index in [0.717, 1.165) is 38.7 Å². The summed E-state index contributed by atoms with van der Waals surface area (Å²) in [6.07, 6.45) is 3.48. The van der Waals surface area contributed by atoms with Crippen molar-refractivity contribution in [2.45, 2.75) is 19.0 Å². The van der Waals surface area contributed by atoms with E-state index < -0.39 is 0 Å². The fraction of sp³-hybridized carbons (Fsp3) is 0.133. The Hall–Kier alpha value is -4.63. The number of amides is 1. The summed E-state index contributed by atoms with van der Waals surface area (Å²) in [4.78, 5) is 17.4. The van der Waals surface area contributed by atoms with Crippen LogP contribution in [-0.2, 0) is 4.79 Å². The number of carbonyl (C=O) groups excluding carboxylic acids is 1. The highest BCUT2D eigenvalue weighted by Gasteiger charge is 2.20. The number of carbonyl (C=O) groups is 1. The molecule has 6 aromatic rings. The van der Waals surface area contributed by atoms with Crippen LogP contribution in [-0.4, -0.2) is 38.5 Å². The van der Waals surface area contributed by atoms with Gasteiger partial charge in [-0.2, -0.15) is 0 Å². The van der Waals surface area contributed by atoms with E-state index in [1.807, 2.05) is 53.1 Å². The van der Waals surface area contributed by atoms with Gasteiger partial charge in [-0.15, -0.1) is 10.2 Å². The molecule has 0 aliphatic carbocycles. The number of nitrogens with one attached hydrogen (secondary N) is 1. The number of benzene rings is 3. The Labute approximate surface area is 229 Å². The molecule has 0 spiro atoms. The van der Waals surface area contributed by atoms with Gasteiger partial charge in [-0.25, -0.2) is 0 Å². The van der Waals surface area contributed by atoms with E-state index in [9.17, 15) is 4.79 Å². The van der Waals surface area contributed by atoms with E-state index in [2.05, 4.69) is 46.5 Å². The number of hydrogen-bond donors (Lipinski definition) is 1. The first-order valence-corrected chi connectivity index (χ1v) is 13.4. The quantitative estimate of drug-likeness (QED) is 0.231. The van der Waals surface area contributed by atoms with Crippen LogP contribution in [0.4, 0.5) is 5.69 Å². The molecule has 1 amide bonds. The predicted octanol–water partition coefficient (Wildman–Crippen LogP) is 6.58. The third-order valence-corrected chi connectivity index (χ3v) is 7.38. The lowest BCUT2D eigenvalue weighted by Gasteiger charge is -2.14. The molecule has 0 aliphatic heterocycles. The monoisotopic (exact) mass is 535 g/mol. The van der Waals surface area contributed by atoms with E-state index in [0.29, 0.717) is 28.0 Å². The Kier molecular flexibility index (Phi) is 6.50. The smallest absolute Gasteiger partial charge is 0.234 e. The molecule has 3 heterocycles.